The molecule has 0 radical (unpaired) electrons. The minimum Gasteiger partial charge on any atom is -0.482 e. The molecule has 0 fully saturated rings. The molecule has 108 valence electrons. The molecule has 1 aromatic heterocycles. The Morgan fingerprint density at radius 1 is 1.29 bits per heavy atom. The van der Waals surface area contributed by atoms with Crippen LogP contribution < -0.4 is 10.1 Å². The smallest absolute Gasteiger partial charge is 0.341 e. The zero-order valence-corrected chi connectivity index (χ0v) is 12.3. The third-order valence-electron chi connectivity index (χ3n) is 2.42. The van der Waals surface area contributed by atoms with Crippen molar-refractivity contribution >= 4 is 33.5 Å². The van der Waals surface area contributed by atoms with Gasteiger partial charge in [-0.05, 0) is 34.1 Å². The summed E-state index contributed by atoms with van der Waals surface area (Å²) in [6.45, 7) is -0.438. The molecule has 1 aromatic carbocycles. The number of aromatic nitrogens is 1. The van der Waals surface area contributed by atoms with Crippen LogP contribution in [0.1, 0.15) is 10.4 Å². The number of rotatable bonds is 5. The molecule has 7 heteroatoms. The predicted molar refractivity (Wildman–Crippen MR) is 79.5 cm³/mol. The van der Waals surface area contributed by atoms with E-state index in [1.807, 2.05) is 0 Å². The highest BCUT2D eigenvalue weighted by atomic mass is 79.9. The Bertz CT molecular complexity index is 676. The van der Waals surface area contributed by atoms with Gasteiger partial charge in [-0.3, -0.25) is 9.78 Å². The lowest BCUT2D eigenvalue weighted by molar-refractivity contribution is -0.139. The first-order valence-corrected chi connectivity index (χ1v) is 6.70. The van der Waals surface area contributed by atoms with Crippen LogP contribution in [0.4, 0.5) is 5.69 Å². The second-order valence-corrected chi connectivity index (χ2v) is 4.97. The van der Waals surface area contributed by atoms with Crippen molar-refractivity contribution in [3.8, 4) is 5.75 Å². The van der Waals surface area contributed by atoms with Crippen molar-refractivity contribution < 1.29 is 19.4 Å². The fraction of sp³-hybridized carbons (Fsp3) is 0.0714. The Hall–Kier alpha value is -2.41. The lowest BCUT2D eigenvalue weighted by atomic mass is 10.2. The lowest BCUT2D eigenvalue weighted by Gasteiger charge is -2.08. The first-order valence-electron chi connectivity index (χ1n) is 5.91. The van der Waals surface area contributed by atoms with Crippen molar-refractivity contribution in [1.82, 2.24) is 4.98 Å². The van der Waals surface area contributed by atoms with E-state index < -0.39 is 12.6 Å². The number of aliphatic carboxylic acids is 1. The Labute approximate surface area is 128 Å². The number of hydrogen-bond acceptors (Lipinski definition) is 4. The molecule has 0 spiro atoms. The molecule has 0 aliphatic carbocycles. The quantitative estimate of drug-likeness (QED) is 0.864. The van der Waals surface area contributed by atoms with Crippen LogP contribution in [0.15, 0.2) is 47.2 Å². The monoisotopic (exact) mass is 350 g/mol. The number of carbonyl (C=O) groups excluding carboxylic acids is 1. The molecule has 2 aromatic rings. The number of nitrogens with zero attached hydrogens (tertiary/aromatic N) is 1. The van der Waals surface area contributed by atoms with E-state index in [2.05, 4.69) is 26.2 Å². The van der Waals surface area contributed by atoms with Gasteiger partial charge in [0, 0.05) is 28.6 Å². The number of carboxylic acid groups (broad SMARTS) is 1. The van der Waals surface area contributed by atoms with E-state index in [0.717, 1.165) is 0 Å². The molecule has 0 saturated carbocycles. The molecule has 0 unspecified atom stereocenters. The molecule has 1 amide bonds. The van der Waals surface area contributed by atoms with Gasteiger partial charge in [0.1, 0.15) is 5.75 Å². The number of anilines is 1. The topological polar surface area (TPSA) is 88.5 Å². The second-order valence-electron chi connectivity index (χ2n) is 4.06. The van der Waals surface area contributed by atoms with Crippen molar-refractivity contribution in [2.45, 2.75) is 0 Å². The fourth-order valence-electron chi connectivity index (χ4n) is 1.55. The van der Waals surface area contributed by atoms with Crippen molar-refractivity contribution in [1.29, 1.82) is 0 Å². The maximum Gasteiger partial charge on any atom is 0.341 e. The number of halogens is 1. The predicted octanol–water partition coefficient (Wildman–Crippen LogP) is 2.56. The maximum atomic E-state index is 12.0. The summed E-state index contributed by atoms with van der Waals surface area (Å²) in [4.78, 5) is 26.4. The van der Waals surface area contributed by atoms with E-state index in [0.29, 0.717) is 21.5 Å². The lowest BCUT2D eigenvalue weighted by Crippen LogP contribution is -2.13. The van der Waals surface area contributed by atoms with E-state index in [9.17, 15) is 9.59 Å². The SMILES string of the molecule is O=C(O)COc1cccc(NC(=O)c2cncc(Br)c2)c1. The van der Waals surface area contributed by atoms with Crippen LogP contribution in [0.2, 0.25) is 0 Å². The van der Waals surface area contributed by atoms with E-state index in [1.54, 1.807) is 36.5 Å². The molecular weight excluding hydrogens is 340 g/mol. The molecule has 6 nitrogen and oxygen atoms in total. The molecule has 0 aliphatic rings. The molecule has 0 atom stereocenters. The number of pyridine rings is 1. The molecule has 0 saturated heterocycles. The highest BCUT2D eigenvalue weighted by molar-refractivity contribution is 9.10. The van der Waals surface area contributed by atoms with Crippen LogP contribution in [-0.4, -0.2) is 28.6 Å². The van der Waals surface area contributed by atoms with Crippen LogP contribution in [0.5, 0.6) is 5.75 Å². The first-order chi connectivity index (χ1) is 10.0. The van der Waals surface area contributed by atoms with Crippen LogP contribution in [0.3, 0.4) is 0 Å². The molecule has 21 heavy (non-hydrogen) atoms. The number of carboxylic acids is 1. The Balaban J connectivity index is 2.07. The minimum absolute atomic E-state index is 0.320. The van der Waals surface area contributed by atoms with Gasteiger partial charge in [0.25, 0.3) is 5.91 Å². The molecule has 0 bridgehead atoms. The van der Waals surface area contributed by atoms with Gasteiger partial charge in [-0.2, -0.15) is 0 Å². The third kappa shape index (κ3) is 4.57. The summed E-state index contributed by atoms with van der Waals surface area (Å²) in [7, 11) is 0. The molecular formula is C14H11BrN2O4. The Kier molecular flexibility index (Phi) is 4.89. The fourth-order valence-corrected chi connectivity index (χ4v) is 1.91. The van der Waals surface area contributed by atoms with Gasteiger partial charge in [-0.1, -0.05) is 6.07 Å². The first kappa shape index (κ1) is 15.0. The van der Waals surface area contributed by atoms with E-state index in [4.69, 9.17) is 9.84 Å². The van der Waals surface area contributed by atoms with E-state index in [-0.39, 0.29) is 5.91 Å². The Morgan fingerprint density at radius 2 is 2.10 bits per heavy atom. The summed E-state index contributed by atoms with van der Waals surface area (Å²) >= 11 is 3.24. The molecule has 2 rings (SSSR count). The van der Waals surface area contributed by atoms with Crippen LogP contribution in [0, 0.1) is 0 Å². The average Bonchev–Trinajstić information content (AvgIpc) is 2.45. The van der Waals surface area contributed by atoms with Crippen LogP contribution in [0.25, 0.3) is 0 Å². The average molecular weight is 351 g/mol. The zero-order valence-electron chi connectivity index (χ0n) is 10.7. The summed E-state index contributed by atoms with van der Waals surface area (Å²) in [5.41, 5.74) is 0.907. The Morgan fingerprint density at radius 3 is 2.81 bits per heavy atom. The van der Waals surface area contributed by atoms with Gasteiger partial charge in [0.15, 0.2) is 6.61 Å². The van der Waals surface area contributed by atoms with Crippen molar-refractivity contribution in [2.24, 2.45) is 0 Å². The maximum absolute atomic E-state index is 12.0. The van der Waals surface area contributed by atoms with Gasteiger partial charge in [-0.25, -0.2) is 4.79 Å². The largest absolute Gasteiger partial charge is 0.482 e. The molecule has 1 heterocycles. The van der Waals surface area contributed by atoms with Gasteiger partial charge < -0.3 is 15.2 Å². The van der Waals surface area contributed by atoms with Gasteiger partial charge in [0.2, 0.25) is 0 Å². The van der Waals surface area contributed by atoms with Gasteiger partial charge >= 0.3 is 5.97 Å². The minimum atomic E-state index is -1.07. The van der Waals surface area contributed by atoms with Crippen molar-refractivity contribution in [3.63, 3.8) is 0 Å². The zero-order chi connectivity index (χ0) is 15.2. The summed E-state index contributed by atoms with van der Waals surface area (Å²) in [6, 6.07) is 8.14. The van der Waals surface area contributed by atoms with Gasteiger partial charge in [-0.15, -0.1) is 0 Å². The van der Waals surface area contributed by atoms with E-state index >= 15 is 0 Å². The van der Waals surface area contributed by atoms with Crippen LogP contribution in [-0.2, 0) is 4.79 Å². The summed E-state index contributed by atoms with van der Waals surface area (Å²) in [6.07, 6.45) is 3.03. The van der Waals surface area contributed by atoms with Crippen LogP contribution >= 0.6 is 15.9 Å². The van der Waals surface area contributed by atoms with E-state index in [1.165, 1.54) is 6.20 Å². The number of ether oxygens (including phenoxy) is 1. The molecule has 2 N–H and O–H groups in total. The normalized spacial score (nSPS) is 9.95. The number of carbonyl (C=O) groups is 2. The van der Waals surface area contributed by atoms with Crippen molar-refractivity contribution in [3.05, 3.63) is 52.8 Å². The summed E-state index contributed by atoms with van der Waals surface area (Å²) in [5.74, 6) is -1.02. The highest BCUT2D eigenvalue weighted by Gasteiger charge is 2.08. The summed E-state index contributed by atoms with van der Waals surface area (Å²) in [5, 5.41) is 11.2. The summed E-state index contributed by atoms with van der Waals surface area (Å²) < 4.78 is 5.75. The number of hydrogen-bond donors (Lipinski definition) is 2. The molecule has 0 aliphatic heterocycles. The number of nitrogens with one attached hydrogen (secondary N) is 1. The van der Waals surface area contributed by atoms with Crippen molar-refractivity contribution in [2.75, 3.05) is 11.9 Å². The standard InChI is InChI=1S/C14H11BrN2O4/c15-10-4-9(6-16-7-10)14(20)17-11-2-1-3-12(5-11)21-8-13(18)19/h1-7H,8H2,(H,17,20)(H,18,19). The number of benzene rings is 1. The van der Waals surface area contributed by atoms with Gasteiger partial charge in [0.05, 0.1) is 5.56 Å². The number of amides is 1. The third-order valence-corrected chi connectivity index (χ3v) is 2.85. The highest BCUT2D eigenvalue weighted by Crippen LogP contribution is 2.18. The second kappa shape index (κ2) is 6.85.